The van der Waals surface area contributed by atoms with Crippen LogP contribution in [0.15, 0.2) is 29.2 Å². The van der Waals surface area contributed by atoms with E-state index in [2.05, 4.69) is 0 Å². The van der Waals surface area contributed by atoms with Gasteiger partial charge in [-0.1, -0.05) is 13.2 Å². The van der Waals surface area contributed by atoms with E-state index in [4.69, 9.17) is 17.4 Å². The van der Waals surface area contributed by atoms with Crippen LogP contribution in [0.1, 0.15) is 42.3 Å². The standard InChI is InChI=1S/C12H16N2O5S/c1-2-3-8-13-12(17)14-20(18,19)10-6-4-9(5-7-10)11(15)16/h4-7H,2-3,8H2,1H3,(H,15,16)(H2,13,14,17)/i1D3,2D2,3D2,8D2. The van der Waals surface area contributed by atoms with Crippen LogP contribution in [0, 0.1) is 0 Å². The van der Waals surface area contributed by atoms with Crippen LogP contribution in [0.25, 0.3) is 0 Å². The van der Waals surface area contributed by atoms with Crippen LogP contribution >= 0.6 is 0 Å². The molecular formula is C12H16N2O5S. The molecule has 0 aliphatic rings. The number of hydrogen-bond donors (Lipinski definition) is 3. The first-order valence-corrected chi connectivity index (χ1v) is 6.43. The predicted molar refractivity (Wildman–Crippen MR) is 72.0 cm³/mol. The Kier molecular flexibility index (Phi) is 2.44. The second-order valence-electron chi connectivity index (χ2n) is 3.26. The molecular weight excluding hydrogens is 284 g/mol. The van der Waals surface area contributed by atoms with E-state index < -0.39 is 53.0 Å². The van der Waals surface area contributed by atoms with Gasteiger partial charge in [-0.3, -0.25) is 0 Å². The number of carbonyl (C=O) groups excluding carboxylic acids is 1. The van der Waals surface area contributed by atoms with Crippen LogP contribution in [0.2, 0.25) is 0 Å². The Hall–Kier alpha value is -2.09. The molecule has 0 fully saturated rings. The highest BCUT2D eigenvalue weighted by Crippen LogP contribution is 2.10. The van der Waals surface area contributed by atoms with Gasteiger partial charge in [0.05, 0.1) is 10.5 Å². The van der Waals surface area contributed by atoms with Crippen molar-refractivity contribution < 1.29 is 35.5 Å². The zero-order valence-corrected chi connectivity index (χ0v) is 10.6. The Morgan fingerprint density at radius 2 is 2.00 bits per heavy atom. The van der Waals surface area contributed by atoms with Gasteiger partial charge in [0, 0.05) is 18.8 Å². The zero-order valence-electron chi connectivity index (χ0n) is 18.8. The molecule has 0 bridgehead atoms. The van der Waals surface area contributed by atoms with Crippen molar-refractivity contribution >= 4 is 22.0 Å². The largest absolute Gasteiger partial charge is 0.478 e. The summed E-state index contributed by atoms with van der Waals surface area (Å²) in [6.45, 7) is -7.24. The Labute approximate surface area is 129 Å². The minimum Gasteiger partial charge on any atom is -0.478 e. The minimum atomic E-state index is -4.63. The molecule has 0 spiro atoms. The van der Waals surface area contributed by atoms with E-state index in [1.165, 1.54) is 10.0 Å². The second kappa shape index (κ2) is 6.90. The summed E-state index contributed by atoms with van der Waals surface area (Å²) in [5.74, 6) is -1.33. The highest BCUT2D eigenvalue weighted by atomic mass is 32.2. The van der Waals surface area contributed by atoms with Crippen LogP contribution in [-0.2, 0) is 10.0 Å². The predicted octanol–water partition coefficient (Wildman–Crippen LogP) is 1.17. The summed E-state index contributed by atoms with van der Waals surface area (Å²) in [6.07, 6.45) is -7.54. The number of rotatable bonds is 6. The first-order chi connectivity index (χ1) is 12.8. The van der Waals surface area contributed by atoms with Gasteiger partial charge in [0.15, 0.2) is 0 Å². The van der Waals surface area contributed by atoms with Gasteiger partial charge in [-0.2, -0.15) is 0 Å². The summed E-state index contributed by atoms with van der Waals surface area (Å²) < 4.78 is 91.7. The van der Waals surface area contributed by atoms with Crippen LogP contribution in [0.5, 0.6) is 0 Å². The zero-order chi connectivity index (χ0) is 23.1. The van der Waals surface area contributed by atoms with Crippen LogP contribution < -0.4 is 10.0 Å². The van der Waals surface area contributed by atoms with Crippen molar-refractivity contribution in [2.24, 2.45) is 0 Å². The van der Waals surface area contributed by atoms with Gasteiger partial charge in [-0.15, -0.1) is 0 Å². The molecule has 8 heteroatoms. The third-order valence-electron chi connectivity index (χ3n) is 1.94. The molecule has 0 atom stereocenters. The fourth-order valence-electron chi connectivity index (χ4n) is 1.10. The highest BCUT2D eigenvalue weighted by molar-refractivity contribution is 7.90. The van der Waals surface area contributed by atoms with Gasteiger partial charge < -0.3 is 10.4 Å². The molecule has 0 heterocycles. The molecule has 0 aliphatic heterocycles. The highest BCUT2D eigenvalue weighted by Gasteiger charge is 2.17. The SMILES string of the molecule is [2H]C([2H])([2H])C([2H])([2H])C([2H])([2H])C([2H])([2H])NC(=O)NS(=O)(=O)c1ccc(C(=O)O)cc1. The van der Waals surface area contributed by atoms with E-state index in [1.807, 2.05) is 0 Å². The van der Waals surface area contributed by atoms with Crippen LogP contribution in [0.3, 0.4) is 0 Å². The summed E-state index contributed by atoms with van der Waals surface area (Å²) >= 11 is 0. The molecule has 0 saturated carbocycles. The van der Waals surface area contributed by atoms with Crippen LogP contribution in [-0.4, -0.2) is 32.0 Å². The maximum atomic E-state index is 12.1. The molecule has 1 aromatic rings. The molecule has 7 nitrogen and oxygen atoms in total. The molecule has 0 radical (unpaired) electrons. The number of benzene rings is 1. The Balaban J connectivity index is 3.06. The van der Waals surface area contributed by atoms with Crippen molar-refractivity contribution in [3.05, 3.63) is 29.8 Å². The van der Waals surface area contributed by atoms with Gasteiger partial charge >= 0.3 is 12.0 Å². The maximum absolute atomic E-state index is 12.1. The minimum absolute atomic E-state index is 0.246. The fraction of sp³-hybridized carbons (Fsp3) is 0.333. The number of urea groups is 1. The van der Waals surface area contributed by atoms with E-state index in [9.17, 15) is 18.0 Å². The van der Waals surface area contributed by atoms with Crippen molar-refractivity contribution in [1.29, 1.82) is 0 Å². The van der Waals surface area contributed by atoms with E-state index in [0.29, 0.717) is 0 Å². The van der Waals surface area contributed by atoms with Crippen molar-refractivity contribution in [3.8, 4) is 0 Å². The number of sulfonamides is 1. The average Bonchev–Trinajstić information content (AvgIpc) is 2.52. The topological polar surface area (TPSA) is 113 Å². The number of carboxylic acid groups (broad SMARTS) is 1. The van der Waals surface area contributed by atoms with Crippen molar-refractivity contribution in [2.45, 2.75) is 24.5 Å². The molecule has 0 aliphatic carbocycles. The molecule has 20 heavy (non-hydrogen) atoms. The van der Waals surface area contributed by atoms with Gasteiger partial charge in [-0.25, -0.2) is 22.7 Å². The first-order valence-electron chi connectivity index (χ1n) is 9.44. The fourth-order valence-corrected chi connectivity index (χ4v) is 2.01. The number of carbonyl (C=O) groups is 2. The number of amides is 2. The van der Waals surface area contributed by atoms with Crippen molar-refractivity contribution in [2.75, 3.05) is 6.50 Å². The number of carboxylic acids is 1. The lowest BCUT2D eigenvalue weighted by Gasteiger charge is -2.08. The Morgan fingerprint density at radius 1 is 1.35 bits per heavy atom. The van der Waals surface area contributed by atoms with E-state index in [-0.39, 0.29) is 5.56 Å². The molecule has 0 unspecified atom stereocenters. The van der Waals surface area contributed by atoms with Gasteiger partial charge in [0.2, 0.25) is 0 Å². The summed E-state index contributed by atoms with van der Waals surface area (Å²) in [7, 11) is -4.63. The summed E-state index contributed by atoms with van der Waals surface area (Å²) in [5, 5.41) is 10.0. The quantitative estimate of drug-likeness (QED) is 0.730. The van der Waals surface area contributed by atoms with Crippen molar-refractivity contribution in [1.82, 2.24) is 10.0 Å². The molecule has 2 amide bonds. The van der Waals surface area contributed by atoms with Crippen LogP contribution in [0.4, 0.5) is 4.79 Å². The lowest BCUT2D eigenvalue weighted by molar-refractivity contribution is 0.0696. The molecule has 0 saturated heterocycles. The molecule has 110 valence electrons. The number of hydrogen-bond acceptors (Lipinski definition) is 4. The van der Waals surface area contributed by atoms with Gasteiger partial charge in [-0.05, 0) is 30.6 Å². The van der Waals surface area contributed by atoms with Crippen molar-refractivity contribution in [3.63, 3.8) is 0 Å². The van der Waals surface area contributed by atoms with E-state index in [0.717, 1.165) is 24.3 Å². The Morgan fingerprint density at radius 3 is 2.55 bits per heavy atom. The molecule has 1 rings (SSSR count). The number of nitrogens with one attached hydrogen (secondary N) is 2. The normalized spacial score (nSPS) is 20.3. The summed E-state index contributed by atoms with van der Waals surface area (Å²) in [6, 6.07) is 1.75. The summed E-state index contributed by atoms with van der Waals surface area (Å²) in [4.78, 5) is 22.1. The third kappa shape index (κ3) is 4.54. The lowest BCUT2D eigenvalue weighted by Crippen LogP contribution is -2.39. The monoisotopic (exact) mass is 309 g/mol. The number of aromatic carboxylic acids is 1. The molecule has 3 N–H and O–H groups in total. The summed E-state index contributed by atoms with van der Waals surface area (Å²) in [5.41, 5.74) is -0.246. The maximum Gasteiger partial charge on any atom is 0.335 e. The smallest absolute Gasteiger partial charge is 0.335 e. The van der Waals surface area contributed by atoms with E-state index >= 15 is 0 Å². The molecule has 1 aromatic carbocycles. The second-order valence-corrected chi connectivity index (χ2v) is 4.95. The lowest BCUT2D eigenvalue weighted by atomic mass is 10.2. The molecule has 0 aromatic heterocycles. The average molecular weight is 309 g/mol. The van der Waals surface area contributed by atoms with Gasteiger partial charge in [0.1, 0.15) is 0 Å². The Bertz CT molecular complexity index is 897. The van der Waals surface area contributed by atoms with Gasteiger partial charge in [0.25, 0.3) is 10.0 Å². The third-order valence-corrected chi connectivity index (χ3v) is 3.29. The van der Waals surface area contributed by atoms with E-state index in [1.54, 1.807) is 0 Å². The first kappa shape index (κ1) is 7.07.